The number of anilines is 2. The van der Waals surface area contributed by atoms with Crippen molar-refractivity contribution in [2.45, 2.75) is 147 Å². The normalized spacial score (nSPS) is 27.4. The highest BCUT2D eigenvalue weighted by molar-refractivity contribution is 5.89. The third-order valence-electron chi connectivity index (χ3n) is 10.7. The molecule has 4 saturated heterocycles. The number of hydrogen-bond donors (Lipinski definition) is 5. The number of carbonyl (C=O) groups is 3. The smallest absolute Gasteiger partial charge is 0.413 e. The Morgan fingerprint density at radius 3 is 1.43 bits per heavy atom. The Kier molecular flexibility index (Phi) is 12.7. The van der Waals surface area contributed by atoms with Crippen molar-refractivity contribution in [3.8, 4) is 0 Å². The van der Waals surface area contributed by atoms with Gasteiger partial charge in [-0.05, 0) is 93.5 Å². The van der Waals surface area contributed by atoms with Gasteiger partial charge in [0.1, 0.15) is 83.7 Å². The molecule has 0 saturated carbocycles. The lowest BCUT2D eigenvalue weighted by molar-refractivity contribution is -0.227. The highest BCUT2D eigenvalue weighted by atomic mass is 16.8. The zero-order valence-corrected chi connectivity index (χ0v) is 38.2. The lowest BCUT2D eigenvalue weighted by Gasteiger charge is -2.32. The minimum absolute atomic E-state index is 0.209. The fourth-order valence-electron chi connectivity index (χ4n) is 8.22. The fourth-order valence-corrected chi connectivity index (χ4v) is 8.22. The largest absolute Gasteiger partial charge is 0.463 e. The second-order valence-corrected chi connectivity index (χ2v) is 19.1. The molecule has 0 radical (unpaired) electrons. The van der Waals surface area contributed by atoms with E-state index in [1.54, 1.807) is 103 Å². The van der Waals surface area contributed by atoms with Crippen LogP contribution in [0.4, 0.5) is 21.2 Å². The van der Waals surface area contributed by atoms with Crippen LogP contribution in [-0.2, 0) is 47.4 Å². The molecule has 23 heteroatoms. The van der Waals surface area contributed by atoms with E-state index in [-0.39, 0.29) is 18.2 Å². The zero-order valence-electron chi connectivity index (χ0n) is 38.2. The molecule has 5 N–H and O–H groups in total. The topological polar surface area (TPSA) is 279 Å². The van der Waals surface area contributed by atoms with Crippen molar-refractivity contribution in [1.29, 1.82) is 0 Å². The van der Waals surface area contributed by atoms with Crippen LogP contribution in [0.15, 0.2) is 36.9 Å². The SMILES string of the molecule is CC(=O)OC[C@@]1(CO)O[C@@H](c2ccc3c(NC(=O)OC(C)(C)C)ncnn23)[C@@H]2OC(C)(C)O[C@@H]21.CC(C)(C)OC(=O)Nc1ncnn2c([C@@H]3OC(CO)(CO)[C@H]4OC(C)(C)O[C@@H]34)ccc12. The summed E-state index contributed by atoms with van der Waals surface area (Å²) in [5.41, 5.74) is -1.77. The molecule has 4 aromatic heterocycles. The van der Waals surface area contributed by atoms with Crippen molar-refractivity contribution < 1.29 is 72.3 Å². The number of aliphatic hydroxyl groups excluding tert-OH is 3. The number of amides is 2. The van der Waals surface area contributed by atoms with Crippen LogP contribution in [0.3, 0.4) is 0 Å². The summed E-state index contributed by atoms with van der Waals surface area (Å²) >= 11 is 0. The van der Waals surface area contributed by atoms with Gasteiger partial charge in [0, 0.05) is 6.92 Å². The molecule has 4 fully saturated rings. The minimum Gasteiger partial charge on any atom is -0.463 e. The summed E-state index contributed by atoms with van der Waals surface area (Å²) in [5.74, 6) is -1.84. The number of fused-ring (bicyclic) bond motifs is 4. The summed E-state index contributed by atoms with van der Waals surface area (Å²) in [4.78, 5) is 44.3. The van der Waals surface area contributed by atoms with Gasteiger partial charge in [-0.15, -0.1) is 0 Å². The molecule has 8 heterocycles. The third-order valence-corrected chi connectivity index (χ3v) is 10.7. The summed E-state index contributed by atoms with van der Waals surface area (Å²) in [5, 5.41) is 44.1. The van der Waals surface area contributed by atoms with Gasteiger partial charge in [-0.2, -0.15) is 10.2 Å². The molecule has 0 aromatic carbocycles. The summed E-state index contributed by atoms with van der Waals surface area (Å²) < 4.78 is 55.5. The van der Waals surface area contributed by atoms with Gasteiger partial charge in [-0.1, -0.05) is 0 Å². The predicted octanol–water partition coefficient (Wildman–Crippen LogP) is 3.35. The first-order valence-corrected chi connectivity index (χ1v) is 21.0. The van der Waals surface area contributed by atoms with Crippen LogP contribution in [-0.4, -0.2) is 147 Å². The quantitative estimate of drug-likeness (QED) is 0.119. The molecule has 7 atom stereocenters. The summed E-state index contributed by atoms with van der Waals surface area (Å²) in [6, 6.07) is 7.00. The molecule has 65 heavy (non-hydrogen) atoms. The van der Waals surface area contributed by atoms with Crippen molar-refractivity contribution >= 4 is 40.8 Å². The number of rotatable bonds is 9. The number of aromatic nitrogens is 6. The number of nitrogens with one attached hydrogen (secondary N) is 2. The maximum atomic E-state index is 12.3. The number of nitrogens with zero attached hydrogens (tertiary/aromatic N) is 6. The Labute approximate surface area is 373 Å². The van der Waals surface area contributed by atoms with Gasteiger partial charge in [0.05, 0.1) is 31.2 Å². The maximum Gasteiger partial charge on any atom is 0.413 e. The van der Waals surface area contributed by atoms with Gasteiger partial charge >= 0.3 is 18.2 Å². The van der Waals surface area contributed by atoms with Crippen molar-refractivity contribution in [2.75, 3.05) is 37.1 Å². The Morgan fingerprint density at radius 2 is 1.05 bits per heavy atom. The average molecular weight is 915 g/mol. The Morgan fingerprint density at radius 1 is 0.646 bits per heavy atom. The minimum atomic E-state index is -1.33. The van der Waals surface area contributed by atoms with E-state index in [4.69, 9.17) is 42.6 Å². The van der Waals surface area contributed by atoms with E-state index >= 15 is 0 Å². The molecule has 0 spiro atoms. The van der Waals surface area contributed by atoms with Crippen LogP contribution in [0.1, 0.15) is 99.8 Å². The molecule has 0 unspecified atom stereocenters. The number of ether oxygens (including phenoxy) is 9. The lowest BCUT2D eigenvalue weighted by atomic mass is 9.95. The molecular weight excluding hydrogens is 857 g/mol. The van der Waals surface area contributed by atoms with E-state index in [1.807, 2.05) is 0 Å². The molecule has 0 bridgehead atoms. The second kappa shape index (κ2) is 17.3. The Hall–Kier alpha value is -5.11. The number of aliphatic hydroxyl groups is 3. The second-order valence-electron chi connectivity index (χ2n) is 19.1. The van der Waals surface area contributed by atoms with Crippen LogP contribution in [0.2, 0.25) is 0 Å². The maximum absolute atomic E-state index is 12.3. The monoisotopic (exact) mass is 914 g/mol. The van der Waals surface area contributed by atoms with Gasteiger partial charge in [0.2, 0.25) is 0 Å². The van der Waals surface area contributed by atoms with Crippen molar-refractivity contribution in [1.82, 2.24) is 29.2 Å². The van der Waals surface area contributed by atoms with Gasteiger partial charge in [-0.3, -0.25) is 15.4 Å². The first-order valence-electron chi connectivity index (χ1n) is 21.0. The summed E-state index contributed by atoms with van der Waals surface area (Å²) in [7, 11) is 0. The van der Waals surface area contributed by atoms with Gasteiger partial charge in [-0.25, -0.2) is 28.6 Å². The van der Waals surface area contributed by atoms with Crippen LogP contribution in [0.5, 0.6) is 0 Å². The van der Waals surface area contributed by atoms with Crippen molar-refractivity contribution in [2.24, 2.45) is 0 Å². The van der Waals surface area contributed by atoms with Crippen LogP contribution in [0, 0.1) is 0 Å². The van der Waals surface area contributed by atoms with Crippen molar-refractivity contribution in [3.05, 3.63) is 48.3 Å². The number of hydrogen-bond acceptors (Lipinski definition) is 19. The van der Waals surface area contributed by atoms with E-state index in [2.05, 4.69) is 30.8 Å². The van der Waals surface area contributed by atoms with E-state index in [0.29, 0.717) is 22.4 Å². The van der Waals surface area contributed by atoms with Gasteiger partial charge in [0.15, 0.2) is 28.8 Å². The molecular formula is C42H58N8O15. The third kappa shape index (κ3) is 9.74. The number of carbonyl (C=O) groups excluding carboxylic acids is 3. The summed E-state index contributed by atoms with van der Waals surface area (Å²) in [6.45, 7) is 17.4. The molecule has 8 rings (SSSR count). The van der Waals surface area contributed by atoms with E-state index in [9.17, 15) is 29.7 Å². The standard InChI is InChI=1S/C22H30N4O8.C20H28N4O7/c1-12(28)30-10-22(9-27)17-16(31-21(5,6)33-17)15(32-22)13-7-8-14-18(23-11-24-26(13)14)25-19(29)34-20(2,3)4;1-18(2,3)31-17(27)23-16-12-7-6-11(24(12)22-10-21-16)13-14-15(30-19(4,5)28-14)20(8-25,9-26)29-13/h7-8,11,15-17,27H,9-10H2,1-6H3,(H,23,24,25,29);6-7,10,13-15,25-26H,8-9H2,1-5H3,(H,21,22,23,27)/t15-,16-,17-,22+;13-,14-,15-/m00/s1. The van der Waals surface area contributed by atoms with E-state index in [1.165, 1.54) is 19.6 Å². The summed E-state index contributed by atoms with van der Waals surface area (Å²) in [6.07, 6.45) is -2.67. The Bertz CT molecular complexity index is 2400. The first kappa shape index (κ1) is 47.8. The predicted molar refractivity (Wildman–Crippen MR) is 224 cm³/mol. The Balaban J connectivity index is 0.000000195. The van der Waals surface area contributed by atoms with Crippen LogP contribution < -0.4 is 10.6 Å². The molecule has 23 nitrogen and oxygen atoms in total. The first-order chi connectivity index (χ1) is 30.3. The molecule has 356 valence electrons. The number of esters is 1. The average Bonchev–Trinajstić information content (AvgIpc) is 4.04. The molecule has 4 aromatic rings. The molecule has 4 aliphatic rings. The van der Waals surface area contributed by atoms with Gasteiger partial charge in [0.25, 0.3) is 0 Å². The highest BCUT2D eigenvalue weighted by Gasteiger charge is 2.65. The molecule has 2 amide bonds. The fraction of sp³-hybridized carbons (Fsp3) is 0.643. The van der Waals surface area contributed by atoms with E-state index in [0.717, 1.165) is 0 Å². The van der Waals surface area contributed by atoms with E-state index < -0.39 is 109 Å². The van der Waals surface area contributed by atoms with Crippen molar-refractivity contribution in [3.63, 3.8) is 0 Å². The van der Waals surface area contributed by atoms with Crippen LogP contribution >= 0.6 is 0 Å². The lowest BCUT2D eigenvalue weighted by Crippen LogP contribution is -2.50. The van der Waals surface area contributed by atoms with Crippen LogP contribution in [0.25, 0.3) is 11.0 Å². The van der Waals surface area contributed by atoms with Gasteiger partial charge < -0.3 is 58.0 Å². The zero-order chi connectivity index (χ0) is 47.5. The molecule has 4 aliphatic heterocycles. The molecule has 0 aliphatic carbocycles. The highest BCUT2D eigenvalue weighted by Crippen LogP contribution is 2.51.